The standard InChI is InChI=1S/C22H26O8/c1-3-18(23)29-13-7-5-9-15-11-12-17(21(25)26)16(20(15)22(27)28)10-6-8-14-30-19(24)4-2/h3-4,11-12H,1-2,5-10,13-14H2,(H,25,26)(H,27,28). The lowest BCUT2D eigenvalue weighted by atomic mass is 9.90. The molecule has 0 radical (unpaired) electrons. The van der Waals surface area contributed by atoms with E-state index in [2.05, 4.69) is 13.2 Å². The maximum Gasteiger partial charge on any atom is 0.336 e. The average Bonchev–Trinajstić information content (AvgIpc) is 2.72. The van der Waals surface area contributed by atoms with E-state index in [-0.39, 0.29) is 36.3 Å². The number of unbranched alkanes of at least 4 members (excludes halogenated alkanes) is 2. The Bertz CT molecular complexity index is 810. The van der Waals surface area contributed by atoms with Crippen molar-refractivity contribution in [1.29, 1.82) is 0 Å². The van der Waals surface area contributed by atoms with Crippen LogP contribution in [0.3, 0.4) is 0 Å². The zero-order valence-corrected chi connectivity index (χ0v) is 16.7. The van der Waals surface area contributed by atoms with Gasteiger partial charge in [-0.25, -0.2) is 19.2 Å². The molecule has 30 heavy (non-hydrogen) atoms. The first-order valence-corrected chi connectivity index (χ1v) is 9.51. The number of aromatic carboxylic acids is 2. The van der Waals surface area contributed by atoms with Gasteiger partial charge in [0.1, 0.15) is 0 Å². The molecule has 2 N–H and O–H groups in total. The maximum atomic E-state index is 11.9. The molecule has 1 aromatic rings. The van der Waals surface area contributed by atoms with Gasteiger partial charge in [-0.1, -0.05) is 19.2 Å². The summed E-state index contributed by atoms with van der Waals surface area (Å²) in [5.74, 6) is -3.46. The number of esters is 2. The summed E-state index contributed by atoms with van der Waals surface area (Å²) in [4.78, 5) is 45.6. The van der Waals surface area contributed by atoms with Crippen LogP contribution in [0.4, 0.5) is 0 Å². The van der Waals surface area contributed by atoms with Gasteiger partial charge in [-0.3, -0.25) is 0 Å². The topological polar surface area (TPSA) is 127 Å². The SMILES string of the molecule is C=CC(=O)OCCCCc1ccc(C(=O)O)c(CCCCOC(=O)C=C)c1C(=O)O. The predicted octanol–water partition coefficient (Wildman–Crippen LogP) is 3.19. The van der Waals surface area contributed by atoms with Crippen molar-refractivity contribution >= 4 is 23.9 Å². The Morgan fingerprint density at radius 3 is 1.80 bits per heavy atom. The van der Waals surface area contributed by atoms with Crippen LogP contribution in [0.1, 0.15) is 57.5 Å². The van der Waals surface area contributed by atoms with Crippen molar-refractivity contribution in [2.75, 3.05) is 13.2 Å². The summed E-state index contributed by atoms with van der Waals surface area (Å²) in [7, 11) is 0. The van der Waals surface area contributed by atoms with Gasteiger partial charge in [0.25, 0.3) is 0 Å². The summed E-state index contributed by atoms with van der Waals surface area (Å²) >= 11 is 0. The van der Waals surface area contributed by atoms with Crippen LogP contribution < -0.4 is 0 Å². The molecule has 0 spiro atoms. The smallest absolute Gasteiger partial charge is 0.336 e. The van der Waals surface area contributed by atoms with Crippen LogP contribution in [0.25, 0.3) is 0 Å². The van der Waals surface area contributed by atoms with Gasteiger partial charge in [-0.15, -0.1) is 0 Å². The molecule has 162 valence electrons. The summed E-state index contributed by atoms with van der Waals surface area (Å²) in [5, 5.41) is 19.2. The number of carbonyl (C=O) groups excluding carboxylic acids is 2. The Hall–Kier alpha value is -3.42. The van der Waals surface area contributed by atoms with Gasteiger partial charge in [0.2, 0.25) is 0 Å². The first-order valence-electron chi connectivity index (χ1n) is 9.51. The number of carboxylic acid groups (broad SMARTS) is 2. The summed E-state index contributed by atoms with van der Waals surface area (Å²) in [6, 6.07) is 2.92. The number of carboxylic acids is 2. The lowest BCUT2D eigenvalue weighted by Crippen LogP contribution is -2.14. The van der Waals surface area contributed by atoms with E-state index < -0.39 is 23.9 Å². The number of hydrogen-bond acceptors (Lipinski definition) is 6. The highest BCUT2D eigenvalue weighted by molar-refractivity contribution is 5.97. The predicted molar refractivity (Wildman–Crippen MR) is 109 cm³/mol. The molecule has 0 bridgehead atoms. The molecule has 0 aliphatic heterocycles. The Morgan fingerprint density at radius 1 is 0.800 bits per heavy atom. The zero-order chi connectivity index (χ0) is 22.5. The molecule has 0 heterocycles. The van der Waals surface area contributed by atoms with Crippen molar-refractivity contribution in [3.63, 3.8) is 0 Å². The second-order valence-electron chi connectivity index (χ2n) is 6.39. The van der Waals surface area contributed by atoms with Crippen LogP contribution in [0, 0.1) is 0 Å². The van der Waals surface area contributed by atoms with Gasteiger partial charge < -0.3 is 19.7 Å². The van der Waals surface area contributed by atoms with Crippen molar-refractivity contribution in [2.45, 2.75) is 38.5 Å². The van der Waals surface area contributed by atoms with Crippen molar-refractivity contribution in [1.82, 2.24) is 0 Å². The van der Waals surface area contributed by atoms with Gasteiger partial charge >= 0.3 is 23.9 Å². The minimum Gasteiger partial charge on any atom is -0.478 e. The summed E-state index contributed by atoms with van der Waals surface area (Å²) in [5.41, 5.74) is 0.705. The maximum absolute atomic E-state index is 11.9. The first kappa shape index (κ1) is 24.6. The summed E-state index contributed by atoms with van der Waals surface area (Å²) in [6.07, 6.45) is 4.74. The molecule has 1 rings (SSSR count). The second-order valence-corrected chi connectivity index (χ2v) is 6.39. The Balaban J connectivity index is 2.88. The van der Waals surface area contributed by atoms with E-state index in [1.54, 1.807) is 0 Å². The molecule has 0 unspecified atom stereocenters. The fourth-order valence-electron chi connectivity index (χ4n) is 2.92. The molecular weight excluding hydrogens is 392 g/mol. The van der Waals surface area contributed by atoms with E-state index >= 15 is 0 Å². The number of carbonyl (C=O) groups is 4. The number of rotatable bonds is 14. The molecule has 0 aromatic heterocycles. The first-order chi connectivity index (χ1) is 14.3. The molecule has 8 nitrogen and oxygen atoms in total. The fraction of sp³-hybridized carbons (Fsp3) is 0.364. The summed E-state index contributed by atoms with van der Waals surface area (Å²) < 4.78 is 9.77. The molecule has 1 aromatic carbocycles. The van der Waals surface area contributed by atoms with E-state index in [1.165, 1.54) is 12.1 Å². The normalized spacial score (nSPS) is 10.1. The van der Waals surface area contributed by atoms with Crippen molar-refractivity contribution in [3.8, 4) is 0 Å². The van der Waals surface area contributed by atoms with Crippen molar-refractivity contribution in [3.05, 3.63) is 59.7 Å². The lowest BCUT2D eigenvalue weighted by Gasteiger charge is -2.15. The van der Waals surface area contributed by atoms with Crippen molar-refractivity contribution < 1.29 is 38.9 Å². The molecular formula is C22H26O8. The van der Waals surface area contributed by atoms with Gasteiger partial charge in [-0.2, -0.15) is 0 Å². The van der Waals surface area contributed by atoms with Crippen LogP contribution in [-0.4, -0.2) is 47.3 Å². The van der Waals surface area contributed by atoms with E-state index in [0.29, 0.717) is 37.7 Å². The third kappa shape index (κ3) is 7.90. The number of benzene rings is 1. The second kappa shape index (κ2) is 12.9. The lowest BCUT2D eigenvalue weighted by molar-refractivity contribution is -0.138. The van der Waals surface area contributed by atoms with Crippen LogP contribution >= 0.6 is 0 Å². The molecule has 0 amide bonds. The van der Waals surface area contributed by atoms with E-state index in [0.717, 1.165) is 12.2 Å². The minimum absolute atomic E-state index is 0.0129. The van der Waals surface area contributed by atoms with Crippen LogP contribution in [0.2, 0.25) is 0 Å². The third-order valence-electron chi connectivity index (χ3n) is 4.33. The molecule has 0 atom stereocenters. The largest absolute Gasteiger partial charge is 0.478 e. The van der Waals surface area contributed by atoms with Crippen LogP contribution in [0.5, 0.6) is 0 Å². The van der Waals surface area contributed by atoms with Crippen LogP contribution in [-0.2, 0) is 31.9 Å². The fourth-order valence-corrected chi connectivity index (χ4v) is 2.92. The number of hydrogen-bond donors (Lipinski definition) is 2. The average molecular weight is 418 g/mol. The number of aryl methyl sites for hydroxylation is 1. The van der Waals surface area contributed by atoms with E-state index in [4.69, 9.17) is 9.47 Å². The highest BCUT2D eigenvalue weighted by Gasteiger charge is 2.21. The van der Waals surface area contributed by atoms with Gasteiger partial charge in [0.15, 0.2) is 0 Å². The molecule has 8 heteroatoms. The van der Waals surface area contributed by atoms with Gasteiger partial charge in [-0.05, 0) is 55.7 Å². The zero-order valence-electron chi connectivity index (χ0n) is 16.7. The third-order valence-corrected chi connectivity index (χ3v) is 4.33. The van der Waals surface area contributed by atoms with E-state index in [1.807, 2.05) is 0 Å². The number of ether oxygens (including phenoxy) is 2. The molecule has 0 fully saturated rings. The quantitative estimate of drug-likeness (QED) is 0.268. The molecule has 0 aliphatic carbocycles. The van der Waals surface area contributed by atoms with Gasteiger partial charge in [0, 0.05) is 12.2 Å². The highest BCUT2D eigenvalue weighted by atomic mass is 16.5. The van der Waals surface area contributed by atoms with Crippen molar-refractivity contribution in [2.24, 2.45) is 0 Å². The molecule has 0 saturated heterocycles. The highest BCUT2D eigenvalue weighted by Crippen LogP contribution is 2.24. The molecule has 0 saturated carbocycles. The summed E-state index contributed by atoms with van der Waals surface area (Å²) in [6.45, 7) is 6.93. The Morgan fingerprint density at radius 2 is 1.33 bits per heavy atom. The Kier molecular flexibility index (Phi) is 10.6. The van der Waals surface area contributed by atoms with Crippen LogP contribution in [0.15, 0.2) is 37.4 Å². The van der Waals surface area contributed by atoms with Gasteiger partial charge in [0.05, 0.1) is 24.3 Å². The molecule has 0 aliphatic rings. The minimum atomic E-state index is -1.20. The Labute approximate surface area is 174 Å². The van der Waals surface area contributed by atoms with E-state index in [9.17, 15) is 29.4 Å². The monoisotopic (exact) mass is 418 g/mol.